The minimum atomic E-state index is 0.0217. The topological polar surface area (TPSA) is 38.3 Å². The van der Waals surface area contributed by atoms with Crippen molar-refractivity contribution in [2.24, 2.45) is 23.7 Å². The molecule has 0 aromatic heterocycles. The lowest BCUT2D eigenvalue weighted by atomic mass is 9.67. The van der Waals surface area contributed by atoms with Crippen LogP contribution in [0, 0.1) is 23.7 Å². The summed E-state index contributed by atoms with van der Waals surface area (Å²) in [6.45, 7) is 2.11. The summed E-state index contributed by atoms with van der Waals surface area (Å²) in [6.07, 6.45) is 13.3. The molecule has 0 amide bonds. The van der Waals surface area contributed by atoms with E-state index in [4.69, 9.17) is 4.74 Å². The van der Waals surface area contributed by atoms with Crippen molar-refractivity contribution in [2.45, 2.75) is 64.0 Å². The molecule has 3 nitrogen and oxygen atoms in total. The van der Waals surface area contributed by atoms with Crippen LogP contribution in [0.2, 0.25) is 0 Å². The minimum absolute atomic E-state index is 0.0217. The first kappa shape index (κ1) is 15.1. The second-order valence-corrected chi connectivity index (χ2v) is 7.20. The summed E-state index contributed by atoms with van der Waals surface area (Å²) in [5.41, 5.74) is 0. The Kier molecular flexibility index (Phi) is 4.68. The standard InChI is InChI=1S/C18H29NO2/c1-3-4-12-5-7-13(8-6-12)15-11-14-9-10-16(19-14)17(15)18(20)21-2/h3-4,12-17,19H,5-11H2,1-2H3/b4-3-/t12?,13?,14-,15-,16?,17?/m1/s1. The number of carbonyl (C=O) groups is 1. The van der Waals surface area contributed by atoms with Crippen molar-refractivity contribution in [1.29, 1.82) is 0 Å². The van der Waals surface area contributed by atoms with Crippen LogP contribution in [0.15, 0.2) is 12.2 Å². The molecule has 2 unspecified atom stereocenters. The SMILES string of the molecule is C/C=C\C1CCC([C@H]2C[C@H]3CCC(N3)C2C(=O)OC)CC1. The van der Waals surface area contributed by atoms with Gasteiger partial charge in [0.2, 0.25) is 0 Å². The number of carbonyl (C=O) groups excluding carboxylic acids is 1. The van der Waals surface area contributed by atoms with Gasteiger partial charge in [-0.3, -0.25) is 4.79 Å². The summed E-state index contributed by atoms with van der Waals surface area (Å²) < 4.78 is 5.13. The summed E-state index contributed by atoms with van der Waals surface area (Å²) >= 11 is 0. The van der Waals surface area contributed by atoms with Crippen LogP contribution in [0.5, 0.6) is 0 Å². The molecule has 3 heteroatoms. The van der Waals surface area contributed by atoms with E-state index in [1.807, 2.05) is 0 Å². The van der Waals surface area contributed by atoms with E-state index in [9.17, 15) is 4.79 Å². The monoisotopic (exact) mass is 291 g/mol. The first-order valence-corrected chi connectivity index (χ1v) is 8.69. The van der Waals surface area contributed by atoms with Gasteiger partial charge in [-0.15, -0.1) is 0 Å². The van der Waals surface area contributed by atoms with Crippen LogP contribution < -0.4 is 5.32 Å². The molecule has 2 bridgehead atoms. The van der Waals surface area contributed by atoms with Gasteiger partial charge in [0, 0.05) is 12.1 Å². The minimum Gasteiger partial charge on any atom is -0.469 e. The number of esters is 1. The maximum atomic E-state index is 12.3. The molecule has 1 N–H and O–H groups in total. The first-order valence-electron chi connectivity index (χ1n) is 8.69. The number of rotatable bonds is 3. The van der Waals surface area contributed by atoms with E-state index in [1.165, 1.54) is 38.5 Å². The number of piperidine rings is 1. The number of nitrogens with one attached hydrogen (secondary N) is 1. The third-order valence-corrected chi connectivity index (χ3v) is 6.09. The molecule has 2 heterocycles. The molecule has 3 aliphatic rings. The fraction of sp³-hybridized carbons (Fsp3) is 0.833. The molecule has 0 aromatic carbocycles. The smallest absolute Gasteiger partial charge is 0.310 e. The number of fused-ring (bicyclic) bond motifs is 2. The van der Waals surface area contributed by atoms with Crippen LogP contribution >= 0.6 is 0 Å². The summed E-state index contributed by atoms with van der Waals surface area (Å²) in [7, 11) is 1.55. The average molecular weight is 291 g/mol. The predicted octanol–water partition coefficient (Wildman–Crippen LogP) is 3.30. The van der Waals surface area contributed by atoms with Crippen molar-refractivity contribution in [3.8, 4) is 0 Å². The third kappa shape index (κ3) is 3.03. The molecule has 4 atom stereocenters. The molecule has 118 valence electrons. The first-order chi connectivity index (χ1) is 10.2. The molecular formula is C18H29NO2. The van der Waals surface area contributed by atoms with Gasteiger partial charge in [-0.25, -0.2) is 0 Å². The van der Waals surface area contributed by atoms with Gasteiger partial charge in [0.25, 0.3) is 0 Å². The van der Waals surface area contributed by atoms with Gasteiger partial charge in [0.05, 0.1) is 13.0 Å². The second kappa shape index (κ2) is 6.51. The molecule has 1 aliphatic carbocycles. The maximum absolute atomic E-state index is 12.3. The van der Waals surface area contributed by atoms with Crippen molar-refractivity contribution >= 4 is 5.97 Å². The van der Waals surface area contributed by atoms with Crippen molar-refractivity contribution in [3.05, 3.63) is 12.2 Å². The van der Waals surface area contributed by atoms with E-state index < -0.39 is 0 Å². The Labute approximate surface area is 128 Å². The van der Waals surface area contributed by atoms with Crippen LogP contribution in [-0.4, -0.2) is 25.2 Å². The Morgan fingerprint density at radius 3 is 2.57 bits per heavy atom. The number of ether oxygens (including phenoxy) is 1. The quantitative estimate of drug-likeness (QED) is 0.640. The zero-order valence-corrected chi connectivity index (χ0v) is 13.4. The lowest BCUT2D eigenvalue weighted by Crippen LogP contribution is -2.51. The summed E-state index contributed by atoms with van der Waals surface area (Å²) in [5.74, 6) is 2.15. The number of allylic oxidation sites excluding steroid dienone is 2. The molecule has 0 spiro atoms. The summed E-state index contributed by atoms with van der Waals surface area (Å²) in [5, 5.41) is 3.64. The molecule has 0 aromatic rings. The van der Waals surface area contributed by atoms with Crippen molar-refractivity contribution < 1.29 is 9.53 Å². The molecular weight excluding hydrogens is 262 g/mol. The Morgan fingerprint density at radius 2 is 1.90 bits per heavy atom. The fourth-order valence-corrected chi connectivity index (χ4v) is 5.09. The highest BCUT2D eigenvalue weighted by Crippen LogP contribution is 2.45. The van der Waals surface area contributed by atoms with E-state index >= 15 is 0 Å². The van der Waals surface area contributed by atoms with Crippen molar-refractivity contribution in [1.82, 2.24) is 5.32 Å². The van der Waals surface area contributed by atoms with Crippen molar-refractivity contribution in [3.63, 3.8) is 0 Å². The highest BCUT2D eigenvalue weighted by Gasteiger charge is 2.48. The van der Waals surface area contributed by atoms with Gasteiger partial charge < -0.3 is 10.1 Å². The predicted molar refractivity (Wildman–Crippen MR) is 83.8 cm³/mol. The molecule has 3 fully saturated rings. The van der Waals surface area contributed by atoms with Gasteiger partial charge in [0.15, 0.2) is 0 Å². The summed E-state index contributed by atoms with van der Waals surface area (Å²) in [6, 6.07) is 1.02. The normalized spacial score (nSPS) is 43.1. The maximum Gasteiger partial charge on any atom is 0.310 e. The third-order valence-electron chi connectivity index (χ3n) is 6.09. The van der Waals surface area contributed by atoms with Crippen LogP contribution in [0.3, 0.4) is 0 Å². The second-order valence-electron chi connectivity index (χ2n) is 7.20. The Morgan fingerprint density at radius 1 is 1.14 bits per heavy atom. The van der Waals surface area contributed by atoms with E-state index in [0.717, 1.165) is 18.3 Å². The van der Waals surface area contributed by atoms with E-state index in [2.05, 4.69) is 24.4 Å². The number of hydrogen-bond donors (Lipinski definition) is 1. The molecule has 21 heavy (non-hydrogen) atoms. The van der Waals surface area contributed by atoms with Crippen LogP contribution in [0.25, 0.3) is 0 Å². The number of hydrogen-bond acceptors (Lipinski definition) is 3. The Balaban J connectivity index is 1.69. The van der Waals surface area contributed by atoms with Gasteiger partial charge in [-0.2, -0.15) is 0 Å². The molecule has 3 rings (SSSR count). The van der Waals surface area contributed by atoms with Crippen molar-refractivity contribution in [2.75, 3.05) is 7.11 Å². The van der Waals surface area contributed by atoms with Gasteiger partial charge in [0.1, 0.15) is 0 Å². The molecule has 2 aliphatic heterocycles. The van der Waals surface area contributed by atoms with E-state index in [1.54, 1.807) is 7.11 Å². The largest absolute Gasteiger partial charge is 0.469 e. The molecule has 2 saturated heterocycles. The highest BCUT2D eigenvalue weighted by molar-refractivity contribution is 5.74. The van der Waals surface area contributed by atoms with E-state index in [0.29, 0.717) is 18.0 Å². The van der Waals surface area contributed by atoms with Crippen LogP contribution in [-0.2, 0) is 9.53 Å². The zero-order chi connectivity index (χ0) is 14.8. The Bertz CT molecular complexity index is 398. The lowest BCUT2D eigenvalue weighted by Gasteiger charge is -2.42. The fourth-order valence-electron chi connectivity index (χ4n) is 5.09. The Hall–Kier alpha value is -0.830. The molecule has 0 radical (unpaired) electrons. The number of methoxy groups -OCH3 is 1. The van der Waals surface area contributed by atoms with Crippen LogP contribution in [0.4, 0.5) is 0 Å². The van der Waals surface area contributed by atoms with Gasteiger partial charge in [-0.05, 0) is 69.6 Å². The van der Waals surface area contributed by atoms with Crippen LogP contribution in [0.1, 0.15) is 51.9 Å². The molecule has 1 saturated carbocycles. The van der Waals surface area contributed by atoms with Gasteiger partial charge >= 0.3 is 5.97 Å². The van der Waals surface area contributed by atoms with Gasteiger partial charge in [-0.1, -0.05) is 12.2 Å². The zero-order valence-electron chi connectivity index (χ0n) is 13.4. The average Bonchev–Trinajstić information content (AvgIpc) is 2.89. The summed E-state index contributed by atoms with van der Waals surface area (Å²) in [4.78, 5) is 12.3. The lowest BCUT2D eigenvalue weighted by molar-refractivity contribution is -0.151. The van der Waals surface area contributed by atoms with E-state index in [-0.39, 0.29) is 11.9 Å². The highest BCUT2D eigenvalue weighted by atomic mass is 16.5.